The van der Waals surface area contributed by atoms with Crippen molar-refractivity contribution in [3.05, 3.63) is 36.2 Å². The first-order valence-corrected chi connectivity index (χ1v) is 5.58. The van der Waals surface area contributed by atoms with Gasteiger partial charge in [0.05, 0.1) is 12.6 Å². The zero-order valence-corrected chi connectivity index (χ0v) is 11.2. The number of nitrogens with one attached hydrogen (secondary N) is 1. The van der Waals surface area contributed by atoms with Gasteiger partial charge in [-0.3, -0.25) is 4.79 Å². The van der Waals surface area contributed by atoms with Crippen molar-refractivity contribution >= 4 is 18.3 Å². The van der Waals surface area contributed by atoms with E-state index < -0.39 is 6.04 Å². The van der Waals surface area contributed by atoms with Crippen LogP contribution in [0.2, 0.25) is 0 Å². The molecule has 1 heterocycles. The summed E-state index contributed by atoms with van der Waals surface area (Å²) < 4.78 is 5.03. The minimum absolute atomic E-state index is 0. The quantitative estimate of drug-likeness (QED) is 0.876. The molecule has 0 spiro atoms. The van der Waals surface area contributed by atoms with E-state index in [0.717, 1.165) is 5.56 Å². The fourth-order valence-corrected chi connectivity index (χ4v) is 1.35. The van der Waals surface area contributed by atoms with E-state index in [9.17, 15) is 4.79 Å². The molecule has 6 nitrogen and oxygen atoms in total. The van der Waals surface area contributed by atoms with E-state index in [-0.39, 0.29) is 24.9 Å². The zero-order chi connectivity index (χ0) is 13.0. The van der Waals surface area contributed by atoms with E-state index in [1.807, 2.05) is 30.3 Å². The molecule has 0 unspecified atom stereocenters. The number of nitrogens with zero attached hydrogens (tertiary/aromatic N) is 2. The molecule has 1 atom stereocenters. The molecule has 3 N–H and O–H groups in total. The summed E-state index contributed by atoms with van der Waals surface area (Å²) in [5.74, 6) is 0.595. The second-order valence-corrected chi connectivity index (χ2v) is 3.88. The monoisotopic (exact) mass is 282 g/mol. The van der Waals surface area contributed by atoms with Gasteiger partial charge in [0.1, 0.15) is 0 Å². The van der Waals surface area contributed by atoms with Gasteiger partial charge in [-0.15, -0.1) is 12.4 Å². The highest BCUT2D eigenvalue weighted by atomic mass is 35.5. The van der Waals surface area contributed by atoms with Gasteiger partial charge in [-0.25, -0.2) is 0 Å². The van der Waals surface area contributed by atoms with Gasteiger partial charge in [0, 0.05) is 5.56 Å². The van der Waals surface area contributed by atoms with Gasteiger partial charge in [0.2, 0.25) is 17.6 Å². The van der Waals surface area contributed by atoms with Crippen LogP contribution in [0.5, 0.6) is 0 Å². The third-order valence-corrected chi connectivity index (χ3v) is 2.33. The van der Waals surface area contributed by atoms with Crippen LogP contribution in [0.3, 0.4) is 0 Å². The number of carbonyl (C=O) groups excluding carboxylic acids is 1. The predicted octanol–water partition coefficient (Wildman–Crippen LogP) is 1.12. The summed E-state index contributed by atoms with van der Waals surface area (Å²) in [4.78, 5) is 15.4. The lowest BCUT2D eigenvalue weighted by molar-refractivity contribution is -0.122. The van der Waals surface area contributed by atoms with Crippen molar-refractivity contribution in [3.63, 3.8) is 0 Å². The molecule has 0 aliphatic heterocycles. The first kappa shape index (κ1) is 15.1. The van der Waals surface area contributed by atoms with Gasteiger partial charge in [0.25, 0.3) is 0 Å². The number of hydrogen-bond donors (Lipinski definition) is 2. The van der Waals surface area contributed by atoms with Crippen LogP contribution in [0.25, 0.3) is 11.4 Å². The van der Waals surface area contributed by atoms with Crippen LogP contribution in [0.4, 0.5) is 0 Å². The Morgan fingerprint density at radius 1 is 1.42 bits per heavy atom. The maximum atomic E-state index is 11.3. The number of carbonyl (C=O) groups is 1. The molecule has 0 radical (unpaired) electrons. The number of nitrogens with two attached hydrogens (primary N) is 1. The Kier molecular flexibility index (Phi) is 5.47. The summed E-state index contributed by atoms with van der Waals surface area (Å²) in [6.45, 7) is 1.79. The number of halogens is 1. The van der Waals surface area contributed by atoms with Gasteiger partial charge in [-0.2, -0.15) is 4.98 Å². The highest BCUT2D eigenvalue weighted by molar-refractivity contribution is 5.85. The van der Waals surface area contributed by atoms with Gasteiger partial charge in [-0.05, 0) is 6.92 Å². The molecule has 1 aromatic heterocycles. The maximum Gasteiger partial charge on any atom is 0.246 e. The van der Waals surface area contributed by atoms with Crippen molar-refractivity contribution in [1.82, 2.24) is 15.5 Å². The molecular formula is C12H15ClN4O2. The summed E-state index contributed by atoms with van der Waals surface area (Å²) >= 11 is 0. The number of rotatable bonds is 4. The summed E-state index contributed by atoms with van der Waals surface area (Å²) in [6, 6.07) is 8.91. The van der Waals surface area contributed by atoms with Crippen molar-refractivity contribution in [2.45, 2.75) is 19.5 Å². The molecule has 2 aromatic rings. The Morgan fingerprint density at radius 2 is 2.11 bits per heavy atom. The molecule has 2 rings (SSSR count). The minimum atomic E-state index is -0.554. The summed E-state index contributed by atoms with van der Waals surface area (Å²) in [6.07, 6.45) is 0. The number of amides is 1. The van der Waals surface area contributed by atoms with Crippen molar-refractivity contribution < 1.29 is 9.32 Å². The first-order valence-electron chi connectivity index (χ1n) is 5.58. The summed E-state index contributed by atoms with van der Waals surface area (Å²) in [7, 11) is 0. The molecule has 0 saturated heterocycles. The first-order chi connectivity index (χ1) is 8.66. The van der Waals surface area contributed by atoms with Crippen molar-refractivity contribution in [1.29, 1.82) is 0 Å². The third kappa shape index (κ3) is 4.04. The number of hydrogen-bond acceptors (Lipinski definition) is 5. The van der Waals surface area contributed by atoms with E-state index >= 15 is 0 Å². The normalized spacial score (nSPS) is 11.5. The molecule has 0 saturated carbocycles. The van der Waals surface area contributed by atoms with Gasteiger partial charge in [0.15, 0.2) is 0 Å². The van der Waals surface area contributed by atoms with Gasteiger partial charge >= 0.3 is 0 Å². The lowest BCUT2D eigenvalue weighted by Gasteiger charge is -2.03. The Morgan fingerprint density at radius 3 is 2.74 bits per heavy atom. The maximum absolute atomic E-state index is 11.3. The van der Waals surface area contributed by atoms with Crippen molar-refractivity contribution in [3.8, 4) is 11.4 Å². The lowest BCUT2D eigenvalue weighted by atomic mass is 10.2. The SMILES string of the molecule is C[C@@H](N)C(=O)NCc1nc(-c2ccccc2)no1.Cl. The molecule has 19 heavy (non-hydrogen) atoms. The number of benzene rings is 1. The van der Waals surface area contributed by atoms with Crippen LogP contribution >= 0.6 is 12.4 Å². The van der Waals surface area contributed by atoms with Crippen LogP contribution in [0.1, 0.15) is 12.8 Å². The zero-order valence-electron chi connectivity index (χ0n) is 10.4. The topological polar surface area (TPSA) is 94.0 Å². The Labute approximate surface area is 116 Å². The van der Waals surface area contributed by atoms with E-state index in [2.05, 4.69) is 15.5 Å². The van der Waals surface area contributed by atoms with Crippen LogP contribution < -0.4 is 11.1 Å². The Hall–Kier alpha value is -1.92. The van der Waals surface area contributed by atoms with Crippen LogP contribution in [-0.2, 0) is 11.3 Å². The van der Waals surface area contributed by atoms with Gasteiger partial charge < -0.3 is 15.6 Å². The molecular weight excluding hydrogens is 268 g/mol. The predicted molar refractivity (Wildman–Crippen MR) is 72.5 cm³/mol. The molecule has 0 aliphatic carbocycles. The highest BCUT2D eigenvalue weighted by Gasteiger charge is 2.11. The summed E-state index contributed by atoms with van der Waals surface area (Å²) in [5.41, 5.74) is 6.28. The molecule has 102 valence electrons. The fraction of sp³-hybridized carbons (Fsp3) is 0.250. The van der Waals surface area contributed by atoms with Crippen LogP contribution in [-0.4, -0.2) is 22.1 Å². The molecule has 0 fully saturated rings. The van der Waals surface area contributed by atoms with Crippen LogP contribution in [0, 0.1) is 0 Å². The highest BCUT2D eigenvalue weighted by Crippen LogP contribution is 2.14. The molecule has 1 aromatic carbocycles. The van der Waals surface area contributed by atoms with Crippen LogP contribution in [0.15, 0.2) is 34.9 Å². The molecule has 7 heteroatoms. The minimum Gasteiger partial charge on any atom is -0.346 e. The lowest BCUT2D eigenvalue weighted by Crippen LogP contribution is -2.37. The third-order valence-electron chi connectivity index (χ3n) is 2.33. The second-order valence-electron chi connectivity index (χ2n) is 3.88. The molecule has 0 bridgehead atoms. The standard InChI is InChI=1S/C12H14N4O2.ClH/c1-8(13)12(17)14-7-10-15-11(16-18-10)9-5-3-2-4-6-9;/h2-6,8H,7,13H2,1H3,(H,14,17);1H/t8-;/m1./s1. The fourth-order valence-electron chi connectivity index (χ4n) is 1.35. The molecule has 0 aliphatic rings. The van der Waals surface area contributed by atoms with Gasteiger partial charge in [-0.1, -0.05) is 35.5 Å². The average Bonchev–Trinajstić information content (AvgIpc) is 2.85. The summed E-state index contributed by atoms with van der Waals surface area (Å²) in [5, 5.41) is 6.44. The molecule has 1 amide bonds. The number of aromatic nitrogens is 2. The smallest absolute Gasteiger partial charge is 0.246 e. The Balaban J connectivity index is 0.00000180. The second kappa shape index (κ2) is 6.86. The largest absolute Gasteiger partial charge is 0.346 e. The van der Waals surface area contributed by atoms with E-state index in [4.69, 9.17) is 10.3 Å². The van der Waals surface area contributed by atoms with Crippen molar-refractivity contribution in [2.75, 3.05) is 0 Å². The Bertz CT molecular complexity index is 528. The average molecular weight is 283 g/mol. The van der Waals surface area contributed by atoms with Crippen molar-refractivity contribution in [2.24, 2.45) is 5.73 Å². The van der Waals surface area contributed by atoms with E-state index in [1.54, 1.807) is 6.92 Å². The van der Waals surface area contributed by atoms with E-state index in [1.165, 1.54) is 0 Å². The van der Waals surface area contributed by atoms with E-state index in [0.29, 0.717) is 11.7 Å².